The van der Waals surface area contributed by atoms with Crippen molar-refractivity contribution in [2.75, 3.05) is 7.05 Å². The van der Waals surface area contributed by atoms with Gasteiger partial charge in [-0.05, 0) is 19.8 Å². The fourth-order valence-electron chi connectivity index (χ4n) is 1.24. The lowest BCUT2D eigenvalue weighted by molar-refractivity contribution is -0.141. The van der Waals surface area contributed by atoms with Crippen LogP contribution in [0.5, 0.6) is 0 Å². The Morgan fingerprint density at radius 2 is 1.88 bits per heavy atom. The number of aliphatic carboxylic acids is 1. The highest BCUT2D eigenvalue weighted by atomic mass is 32.2. The van der Waals surface area contributed by atoms with Crippen molar-refractivity contribution in [2.24, 2.45) is 5.92 Å². The van der Waals surface area contributed by atoms with Gasteiger partial charge in [-0.25, -0.2) is 4.72 Å². The van der Waals surface area contributed by atoms with E-state index in [4.69, 9.17) is 5.11 Å². The second-order valence-electron chi connectivity index (χ2n) is 3.90. The van der Waals surface area contributed by atoms with E-state index >= 15 is 0 Å². The molecule has 0 aromatic rings. The van der Waals surface area contributed by atoms with E-state index in [1.165, 1.54) is 7.05 Å². The number of carboxylic acids is 1. The maximum atomic E-state index is 11.1. The molecule has 0 spiro atoms. The van der Waals surface area contributed by atoms with Crippen molar-refractivity contribution in [1.29, 1.82) is 0 Å². The fourth-order valence-corrected chi connectivity index (χ4v) is 2.00. The minimum atomic E-state index is -3.40. The number of carboxylic acid groups (broad SMARTS) is 1. The van der Waals surface area contributed by atoms with Crippen molar-refractivity contribution in [1.82, 2.24) is 9.44 Å². The largest absolute Gasteiger partial charge is 0.481 e. The zero-order chi connectivity index (χ0) is 12.8. The summed E-state index contributed by atoms with van der Waals surface area (Å²) in [6.45, 7) is 3.39. The second kappa shape index (κ2) is 6.82. The number of rotatable bonds is 8. The first kappa shape index (κ1) is 15.3. The van der Waals surface area contributed by atoms with E-state index < -0.39 is 16.2 Å². The zero-order valence-corrected chi connectivity index (χ0v) is 10.7. The molecule has 0 bridgehead atoms. The van der Waals surface area contributed by atoms with Gasteiger partial charge in [0.25, 0.3) is 10.2 Å². The summed E-state index contributed by atoms with van der Waals surface area (Å²) in [5.41, 5.74) is 0. The minimum absolute atomic E-state index is 0.196. The zero-order valence-electron chi connectivity index (χ0n) is 9.86. The van der Waals surface area contributed by atoms with Crippen LogP contribution in [0, 0.1) is 5.92 Å². The Balaban J connectivity index is 3.83. The van der Waals surface area contributed by atoms with Gasteiger partial charge in [-0.1, -0.05) is 13.3 Å². The van der Waals surface area contributed by atoms with Gasteiger partial charge >= 0.3 is 5.97 Å². The summed E-state index contributed by atoms with van der Waals surface area (Å²) in [5.74, 6) is -1.20. The van der Waals surface area contributed by atoms with Crippen LogP contribution >= 0.6 is 0 Å². The van der Waals surface area contributed by atoms with E-state index in [1.54, 1.807) is 13.8 Å². The molecular formula is C9H20N2O4S. The van der Waals surface area contributed by atoms with Crippen molar-refractivity contribution < 1.29 is 18.3 Å². The fraction of sp³-hybridized carbons (Fsp3) is 0.889. The van der Waals surface area contributed by atoms with Crippen molar-refractivity contribution in [3.05, 3.63) is 0 Å². The summed E-state index contributed by atoms with van der Waals surface area (Å²) in [4.78, 5) is 10.5. The number of hydrogen-bond donors (Lipinski definition) is 3. The molecule has 16 heavy (non-hydrogen) atoms. The Bertz CT molecular complexity index is 315. The van der Waals surface area contributed by atoms with Gasteiger partial charge in [0.1, 0.15) is 0 Å². The number of carbonyl (C=O) groups is 1. The Morgan fingerprint density at radius 1 is 1.31 bits per heavy atom. The first-order chi connectivity index (χ1) is 7.28. The van der Waals surface area contributed by atoms with Crippen molar-refractivity contribution in [2.45, 2.75) is 39.2 Å². The lowest BCUT2D eigenvalue weighted by Crippen LogP contribution is -2.39. The third-order valence-electron chi connectivity index (χ3n) is 2.32. The normalized spacial score (nSPS) is 15.7. The predicted octanol–water partition coefficient (Wildman–Crippen LogP) is 0.320. The number of nitrogens with one attached hydrogen (secondary N) is 2. The van der Waals surface area contributed by atoms with Crippen molar-refractivity contribution in [3.63, 3.8) is 0 Å². The molecule has 2 unspecified atom stereocenters. The molecule has 0 saturated carbocycles. The average molecular weight is 252 g/mol. The van der Waals surface area contributed by atoms with Gasteiger partial charge in [0.15, 0.2) is 0 Å². The van der Waals surface area contributed by atoms with Crippen LogP contribution in [-0.4, -0.2) is 32.6 Å². The first-order valence-electron chi connectivity index (χ1n) is 5.22. The molecule has 0 rings (SSSR count). The number of hydrogen-bond acceptors (Lipinski definition) is 3. The molecule has 0 aromatic carbocycles. The molecule has 3 N–H and O–H groups in total. The molecule has 96 valence electrons. The Hall–Kier alpha value is -0.660. The van der Waals surface area contributed by atoms with E-state index in [9.17, 15) is 13.2 Å². The molecule has 0 aliphatic heterocycles. The van der Waals surface area contributed by atoms with Gasteiger partial charge in [-0.3, -0.25) is 4.79 Å². The van der Waals surface area contributed by atoms with E-state index in [1.807, 2.05) is 0 Å². The van der Waals surface area contributed by atoms with E-state index in [0.717, 1.165) is 0 Å². The highest BCUT2D eigenvalue weighted by Gasteiger charge is 2.14. The van der Waals surface area contributed by atoms with Gasteiger partial charge in [0.05, 0.1) is 5.92 Å². The molecule has 0 heterocycles. The maximum Gasteiger partial charge on any atom is 0.306 e. The summed E-state index contributed by atoms with van der Waals surface area (Å²) >= 11 is 0. The van der Waals surface area contributed by atoms with Crippen LogP contribution < -0.4 is 9.44 Å². The lowest BCUT2D eigenvalue weighted by Gasteiger charge is -2.13. The molecular weight excluding hydrogens is 232 g/mol. The van der Waals surface area contributed by atoms with E-state index in [2.05, 4.69) is 9.44 Å². The summed E-state index contributed by atoms with van der Waals surface area (Å²) in [5, 5.41) is 8.65. The molecule has 7 heteroatoms. The Morgan fingerprint density at radius 3 is 2.31 bits per heavy atom. The van der Waals surface area contributed by atoms with Gasteiger partial charge in [-0.2, -0.15) is 13.1 Å². The Kier molecular flexibility index (Phi) is 6.54. The van der Waals surface area contributed by atoms with Crippen molar-refractivity contribution in [3.8, 4) is 0 Å². The SMILES string of the molecule is CNS(=O)(=O)NC(C)CCCC(C)C(=O)O. The molecule has 6 nitrogen and oxygen atoms in total. The van der Waals surface area contributed by atoms with Crippen LogP contribution in [-0.2, 0) is 15.0 Å². The summed E-state index contributed by atoms with van der Waals surface area (Å²) in [6, 6.07) is -0.196. The quantitative estimate of drug-likeness (QED) is 0.579. The molecule has 0 aliphatic carbocycles. The van der Waals surface area contributed by atoms with Gasteiger partial charge in [0, 0.05) is 13.1 Å². The Labute approximate surface area is 96.6 Å². The van der Waals surface area contributed by atoms with E-state index in [-0.39, 0.29) is 12.0 Å². The highest BCUT2D eigenvalue weighted by molar-refractivity contribution is 7.87. The molecule has 0 amide bonds. The predicted molar refractivity (Wildman–Crippen MR) is 61.2 cm³/mol. The molecule has 0 fully saturated rings. The average Bonchev–Trinajstić information content (AvgIpc) is 2.16. The smallest absolute Gasteiger partial charge is 0.306 e. The summed E-state index contributed by atoms with van der Waals surface area (Å²) in [7, 11) is -2.07. The highest BCUT2D eigenvalue weighted by Crippen LogP contribution is 2.09. The van der Waals surface area contributed by atoms with Crippen LogP contribution in [0.3, 0.4) is 0 Å². The third-order valence-corrected chi connectivity index (χ3v) is 3.57. The van der Waals surface area contributed by atoms with Crippen LogP contribution in [0.1, 0.15) is 33.1 Å². The van der Waals surface area contributed by atoms with Crippen LogP contribution in [0.25, 0.3) is 0 Å². The van der Waals surface area contributed by atoms with E-state index in [0.29, 0.717) is 19.3 Å². The molecule has 0 aromatic heterocycles. The van der Waals surface area contributed by atoms with Gasteiger partial charge < -0.3 is 5.11 Å². The molecule has 0 saturated heterocycles. The minimum Gasteiger partial charge on any atom is -0.481 e. The first-order valence-corrected chi connectivity index (χ1v) is 6.70. The standard InChI is InChI=1S/C9H20N2O4S/c1-7(9(12)13)5-4-6-8(2)11-16(14,15)10-3/h7-8,10-11H,4-6H2,1-3H3,(H,12,13). The third kappa shape index (κ3) is 6.76. The second-order valence-corrected chi connectivity index (χ2v) is 5.55. The summed E-state index contributed by atoms with van der Waals surface area (Å²) in [6.07, 6.45) is 1.86. The summed E-state index contributed by atoms with van der Waals surface area (Å²) < 4.78 is 26.8. The van der Waals surface area contributed by atoms with Crippen molar-refractivity contribution >= 4 is 16.2 Å². The van der Waals surface area contributed by atoms with Gasteiger partial charge in [0.2, 0.25) is 0 Å². The van der Waals surface area contributed by atoms with Gasteiger partial charge in [-0.15, -0.1) is 0 Å². The molecule has 0 aliphatic rings. The van der Waals surface area contributed by atoms with Crippen LogP contribution in [0.2, 0.25) is 0 Å². The monoisotopic (exact) mass is 252 g/mol. The molecule has 2 atom stereocenters. The molecule has 0 radical (unpaired) electrons. The maximum absolute atomic E-state index is 11.1. The van der Waals surface area contributed by atoms with Crippen LogP contribution in [0.4, 0.5) is 0 Å². The topological polar surface area (TPSA) is 95.5 Å². The lowest BCUT2D eigenvalue weighted by atomic mass is 10.0. The van der Waals surface area contributed by atoms with Crippen LogP contribution in [0.15, 0.2) is 0 Å².